The lowest BCUT2D eigenvalue weighted by molar-refractivity contribution is -0.119. The molecule has 2 aromatic heterocycles. The van der Waals surface area contributed by atoms with Crippen molar-refractivity contribution in [2.75, 3.05) is 5.75 Å². The van der Waals surface area contributed by atoms with Crippen molar-refractivity contribution < 1.29 is 9.21 Å². The molecular formula is C24H30N4O2S. The molecule has 0 saturated heterocycles. The highest BCUT2D eigenvalue weighted by Crippen LogP contribution is 2.28. The van der Waals surface area contributed by atoms with Crippen LogP contribution in [0.2, 0.25) is 0 Å². The number of amides is 1. The molecule has 1 aromatic carbocycles. The molecule has 3 aromatic rings. The molecule has 7 heteroatoms. The van der Waals surface area contributed by atoms with Gasteiger partial charge in [-0.15, -0.1) is 10.2 Å². The smallest absolute Gasteiger partial charge is 0.230 e. The molecule has 6 nitrogen and oxygen atoms in total. The molecule has 0 bridgehead atoms. The van der Waals surface area contributed by atoms with Gasteiger partial charge in [0.1, 0.15) is 5.76 Å². The molecule has 164 valence electrons. The molecule has 1 aliphatic rings. The summed E-state index contributed by atoms with van der Waals surface area (Å²) in [6.07, 6.45) is 6.23. The van der Waals surface area contributed by atoms with Crippen LogP contribution >= 0.6 is 11.8 Å². The Kier molecular flexibility index (Phi) is 6.51. The average Bonchev–Trinajstić information content (AvgIpc) is 3.49. The minimum atomic E-state index is 0.0560. The first-order valence-corrected chi connectivity index (χ1v) is 11.9. The van der Waals surface area contributed by atoms with E-state index in [1.165, 1.54) is 30.2 Å². The molecule has 0 radical (unpaired) electrons. The summed E-state index contributed by atoms with van der Waals surface area (Å²) in [5, 5.41) is 12.7. The summed E-state index contributed by atoms with van der Waals surface area (Å²) in [6, 6.07) is 12.6. The topological polar surface area (TPSA) is 73.0 Å². The van der Waals surface area contributed by atoms with E-state index in [0.717, 1.165) is 30.0 Å². The molecule has 0 atom stereocenters. The van der Waals surface area contributed by atoms with Crippen LogP contribution in [0.5, 0.6) is 0 Å². The molecule has 1 fully saturated rings. The highest BCUT2D eigenvalue weighted by Gasteiger charge is 2.20. The summed E-state index contributed by atoms with van der Waals surface area (Å²) in [7, 11) is 0. The van der Waals surface area contributed by atoms with Crippen molar-refractivity contribution in [2.24, 2.45) is 0 Å². The van der Waals surface area contributed by atoms with Gasteiger partial charge in [0.25, 0.3) is 0 Å². The minimum Gasteiger partial charge on any atom is -0.467 e. The van der Waals surface area contributed by atoms with Gasteiger partial charge in [-0.2, -0.15) is 0 Å². The average molecular weight is 439 g/mol. The Morgan fingerprint density at radius 2 is 1.90 bits per heavy atom. The second-order valence-corrected chi connectivity index (χ2v) is 10.1. The summed E-state index contributed by atoms with van der Waals surface area (Å²) in [4.78, 5) is 12.4. The van der Waals surface area contributed by atoms with Gasteiger partial charge in [-0.1, -0.05) is 69.6 Å². The predicted octanol–water partition coefficient (Wildman–Crippen LogP) is 5.03. The monoisotopic (exact) mass is 438 g/mol. The molecular weight excluding hydrogens is 408 g/mol. The fraction of sp³-hybridized carbons (Fsp3) is 0.458. The maximum atomic E-state index is 12.4. The van der Waals surface area contributed by atoms with Crippen molar-refractivity contribution in [1.29, 1.82) is 0 Å². The molecule has 4 rings (SSSR count). The quantitative estimate of drug-likeness (QED) is 0.524. The third kappa shape index (κ3) is 5.39. The fourth-order valence-corrected chi connectivity index (χ4v) is 4.65. The van der Waals surface area contributed by atoms with E-state index in [2.05, 4.69) is 60.6 Å². The van der Waals surface area contributed by atoms with Crippen LogP contribution in [0.3, 0.4) is 0 Å². The molecule has 2 heterocycles. The maximum Gasteiger partial charge on any atom is 0.230 e. The lowest BCUT2D eigenvalue weighted by Crippen LogP contribution is -2.33. The van der Waals surface area contributed by atoms with E-state index < -0.39 is 0 Å². The summed E-state index contributed by atoms with van der Waals surface area (Å²) in [5.41, 5.74) is 2.36. The van der Waals surface area contributed by atoms with E-state index in [1.54, 1.807) is 6.26 Å². The van der Waals surface area contributed by atoms with Crippen LogP contribution in [-0.4, -0.2) is 32.5 Å². The lowest BCUT2D eigenvalue weighted by Gasteiger charge is -2.19. The van der Waals surface area contributed by atoms with Crippen molar-refractivity contribution in [1.82, 2.24) is 20.1 Å². The first kappa shape index (κ1) is 21.7. The van der Waals surface area contributed by atoms with Gasteiger partial charge in [0.2, 0.25) is 5.91 Å². The zero-order valence-electron chi connectivity index (χ0n) is 18.4. The van der Waals surface area contributed by atoms with Gasteiger partial charge in [0, 0.05) is 11.6 Å². The van der Waals surface area contributed by atoms with Crippen molar-refractivity contribution in [3.05, 3.63) is 54.0 Å². The predicted molar refractivity (Wildman–Crippen MR) is 123 cm³/mol. The number of hydrogen-bond acceptors (Lipinski definition) is 5. The highest BCUT2D eigenvalue weighted by molar-refractivity contribution is 7.99. The number of rotatable bonds is 7. The number of carbonyl (C=O) groups is 1. The number of carbonyl (C=O) groups excluding carboxylic acids is 1. The number of hydrogen-bond donors (Lipinski definition) is 1. The number of benzene rings is 1. The highest BCUT2D eigenvalue weighted by atomic mass is 32.2. The SMILES string of the molecule is CC(C)(C)c1ccc(-c2nnc(SCC(=O)NC3CCCC3)n2Cc2ccco2)cc1. The van der Waals surface area contributed by atoms with Crippen molar-refractivity contribution in [3.8, 4) is 11.4 Å². The van der Waals surface area contributed by atoms with Crippen molar-refractivity contribution >= 4 is 17.7 Å². The van der Waals surface area contributed by atoms with Crippen LogP contribution in [0.1, 0.15) is 57.8 Å². The van der Waals surface area contributed by atoms with Crippen LogP contribution in [0.15, 0.2) is 52.2 Å². The zero-order chi connectivity index (χ0) is 21.8. The normalized spacial score (nSPS) is 14.8. The van der Waals surface area contributed by atoms with Crippen molar-refractivity contribution in [3.63, 3.8) is 0 Å². The van der Waals surface area contributed by atoms with Gasteiger partial charge in [-0.05, 0) is 36.0 Å². The number of nitrogens with one attached hydrogen (secondary N) is 1. The van der Waals surface area contributed by atoms with E-state index in [-0.39, 0.29) is 11.3 Å². The van der Waals surface area contributed by atoms with E-state index in [1.807, 2.05) is 16.7 Å². The zero-order valence-corrected chi connectivity index (χ0v) is 19.2. The second kappa shape index (κ2) is 9.30. The Labute approximate surface area is 187 Å². The Bertz CT molecular complexity index is 997. The number of aromatic nitrogens is 3. The third-order valence-corrected chi connectivity index (χ3v) is 6.64. The Morgan fingerprint density at radius 3 is 2.55 bits per heavy atom. The van der Waals surface area contributed by atoms with E-state index >= 15 is 0 Å². The first-order chi connectivity index (χ1) is 14.9. The van der Waals surface area contributed by atoms with Gasteiger partial charge in [-0.3, -0.25) is 9.36 Å². The van der Waals surface area contributed by atoms with E-state index in [9.17, 15) is 4.79 Å². The maximum absolute atomic E-state index is 12.4. The summed E-state index contributed by atoms with van der Waals surface area (Å²) in [6.45, 7) is 7.12. The molecule has 1 amide bonds. The largest absolute Gasteiger partial charge is 0.467 e. The molecule has 0 unspecified atom stereocenters. The van der Waals surface area contributed by atoms with Gasteiger partial charge >= 0.3 is 0 Å². The lowest BCUT2D eigenvalue weighted by atomic mass is 9.87. The third-order valence-electron chi connectivity index (χ3n) is 5.67. The van der Waals surface area contributed by atoms with E-state index in [4.69, 9.17) is 4.42 Å². The number of thioether (sulfide) groups is 1. The van der Waals surface area contributed by atoms with Gasteiger partial charge in [0.05, 0.1) is 18.6 Å². The Hall–Kier alpha value is -2.54. The molecule has 1 N–H and O–H groups in total. The molecule has 1 aliphatic carbocycles. The molecule has 31 heavy (non-hydrogen) atoms. The van der Waals surface area contributed by atoms with Crippen LogP contribution < -0.4 is 5.32 Å². The Morgan fingerprint density at radius 1 is 1.16 bits per heavy atom. The van der Waals surface area contributed by atoms with Gasteiger partial charge in [0.15, 0.2) is 11.0 Å². The summed E-state index contributed by atoms with van der Waals surface area (Å²) >= 11 is 1.42. The van der Waals surface area contributed by atoms with Crippen LogP contribution in [-0.2, 0) is 16.8 Å². The van der Waals surface area contributed by atoms with Gasteiger partial charge < -0.3 is 9.73 Å². The van der Waals surface area contributed by atoms with Gasteiger partial charge in [-0.25, -0.2) is 0 Å². The minimum absolute atomic E-state index is 0.0560. The van der Waals surface area contributed by atoms with Crippen LogP contribution in [0.25, 0.3) is 11.4 Å². The molecule has 1 saturated carbocycles. The molecule has 0 spiro atoms. The van der Waals surface area contributed by atoms with Crippen LogP contribution in [0.4, 0.5) is 0 Å². The summed E-state index contributed by atoms with van der Waals surface area (Å²) in [5.74, 6) is 1.98. The summed E-state index contributed by atoms with van der Waals surface area (Å²) < 4.78 is 7.59. The first-order valence-electron chi connectivity index (χ1n) is 10.9. The second-order valence-electron chi connectivity index (χ2n) is 9.14. The van der Waals surface area contributed by atoms with Crippen LogP contribution in [0, 0.1) is 0 Å². The number of furan rings is 1. The Balaban J connectivity index is 1.54. The van der Waals surface area contributed by atoms with E-state index in [0.29, 0.717) is 23.5 Å². The van der Waals surface area contributed by atoms with Crippen molar-refractivity contribution in [2.45, 2.75) is 69.6 Å². The standard InChI is InChI=1S/C24H30N4O2S/c1-24(2,3)18-12-10-17(11-13-18)22-26-27-23(28(22)15-20-9-6-14-30-20)31-16-21(29)25-19-7-4-5-8-19/h6,9-14,19H,4-5,7-8,15-16H2,1-3H3,(H,25,29). The molecule has 0 aliphatic heterocycles. The fourth-order valence-electron chi connectivity index (χ4n) is 3.90. The number of nitrogens with zero attached hydrogens (tertiary/aromatic N) is 3.